The molecule has 0 radical (unpaired) electrons. The highest BCUT2D eigenvalue weighted by Crippen LogP contribution is 2.24. The van der Waals surface area contributed by atoms with Crippen LogP contribution in [0.4, 0.5) is 5.69 Å². The molecule has 0 bridgehead atoms. The number of amides is 1. The molecule has 0 saturated carbocycles. The van der Waals surface area contributed by atoms with Crippen LogP contribution in [-0.4, -0.2) is 23.1 Å². The topological polar surface area (TPSA) is 80.0 Å². The number of nitrogens with one attached hydrogen (secondary N) is 2. The number of nitrogens with zero attached hydrogens (tertiary/aromatic N) is 2. The van der Waals surface area contributed by atoms with Crippen LogP contribution in [0.25, 0.3) is 11.5 Å². The smallest absolute Gasteiger partial charge is 0.258 e. The zero-order chi connectivity index (χ0) is 17.8. The van der Waals surface area contributed by atoms with Crippen LogP contribution in [-0.2, 0) is 6.54 Å². The van der Waals surface area contributed by atoms with Crippen LogP contribution in [0.3, 0.4) is 0 Å². The van der Waals surface area contributed by atoms with Gasteiger partial charge < -0.3 is 15.2 Å². The molecule has 6 nitrogen and oxygen atoms in total. The summed E-state index contributed by atoms with van der Waals surface area (Å²) in [5, 5.41) is 10.2. The average Bonchev–Trinajstić information content (AvgIpc) is 3.09. The Morgan fingerprint density at radius 3 is 2.80 bits per heavy atom. The maximum atomic E-state index is 11.7. The van der Waals surface area contributed by atoms with Crippen LogP contribution < -0.4 is 10.6 Å². The number of rotatable bonds is 5. The maximum Gasteiger partial charge on any atom is 0.258 e. The zero-order valence-corrected chi connectivity index (χ0v) is 14.6. The van der Waals surface area contributed by atoms with E-state index in [2.05, 4.69) is 20.8 Å². The molecule has 1 heterocycles. The molecule has 25 heavy (non-hydrogen) atoms. The number of halogens is 1. The van der Waals surface area contributed by atoms with Gasteiger partial charge in [0.15, 0.2) is 5.82 Å². The van der Waals surface area contributed by atoms with Crippen LogP contribution in [0, 0.1) is 6.92 Å². The predicted molar refractivity (Wildman–Crippen MR) is 96.6 cm³/mol. The standard InChI is InChI=1S/C18H17ClN4O2/c1-11-5-3-4-6-13(11)18-22-16(23-25-18)10-21-15-9-12(17(24)20-2)7-8-14(15)19/h3-9,21H,10H2,1-2H3,(H,20,24). The number of aryl methyl sites for hydroxylation is 1. The third-order valence-corrected chi connectivity index (χ3v) is 4.07. The van der Waals surface area contributed by atoms with Crippen molar-refractivity contribution in [2.45, 2.75) is 13.5 Å². The molecular formula is C18H17ClN4O2. The lowest BCUT2D eigenvalue weighted by Gasteiger charge is -2.08. The number of hydrogen-bond acceptors (Lipinski definition) is 5. The highest BCUT2D eigenvalue weighted by molar-refractivity contribution is 6.33. The van der Waals surface area contributed by atoms with Crippen LogP contribution in [0.2, 0.25) is 5.02 Å². The van der Waals surface area contributed by atoms with Gasteiger partial charge in [0.1, 0.15) is 0 Å². The van der Waals surface area contributed by atoms with Gasteiger partial charge >= 0.3 is 0 Å². The molecule has 3 aromatic rings. The Morgan fingerprint density at radius 1 is 1.24 bits per heavy atom. The molecule has 0 saturated heterocycles. The summed E-state index contributed by atoms with van der Waals surface area (Å²) < 4.78 is 5.33. The lowest BCUT2D eigenvalue weighted by atomic mass is 10.1. The van der Waals surface area contributed by atoms with Gasteiger partial charge in [0.05, 0.1) is 17.3 Å². The first-order chi connectivity index (χ1) is 12.1. The van der Waals surface area contributed by atoms with Gasteiger partial charge in [-0.1, -0.05) is 35.0 Å². The van der Waals surface area contributed by atoms with Crippen molar-refractivity contribution in [3.8, 4) is 11.5 Å². The fourth-order valence-corrected chi connectivity index (χ4v) is 2.55. The zero-order valence-electron chi connectivity index (χ0n) is 13.8. The summed E-state index contributed by atoms with van der Waals surface area (Å²) in [5.41, 5.74) is 3.11. The van der Waals surface area contributed by atoms with E-state index in [9.17, 15) is 4.79 Å². The highest BCUT2D eigenvalue weighted by Gasteiger charge is 2.12. The van der Waals surface area contributed by atoms with Crippen molar-refractivity contribution in [2.24, 2.45) is 0 Å². The molecule has 3 rings (SSSR count). The van der Waals surface area contributed by atoms with E-state index in [4.69, 9.17) is 16.1 Å². The molecule has 2 N–H and O–H groups in total. The van der Waals surface area contributed by atoms with Crippen LogP contribution in [0.5, 0.6) is 0 Å². The summed E-state index contributed by atoms with van der Waals surface area (Å²) in [7, 11) is 1.58. The lowest BCUT2D eigenvalue weighted by Crippen LogP contribution is -2.17. The number of carbonyl (C=O) groups excluding carboxylic acids is 1. The van der Waals surface area contributed by atoms with Gasteiger partial charge in [0, 0.05) is 18.2 Å². The van der Waals surface area contributed by atoms with Crippen molar-refractivity contribution in [1.29, 1.82) is 0 Å². The van der Waals surface area contributed by atoms with E-state index < -0.39 is 0 Å². The number of benzene rings is 2. The van der Waals surface area contributed by atoms with Gasteiger partial charge in [-0.2, -0.15) is 4.98 Å². The molecule has 0 unspecified atom stereocenters. The Bertz CT molecular complexity index is 908. The van der Waals surface area contributed by atoms with Crippen molar-refractivity contribution in [3.63, 3.8) is 0 Å². The Hall–Kier alpha value is -2.86. The lowest BCUT2D eigenvalue weighted by molar-refractivity contribution is 0.0963. The van der Waals surface area contributed by atoms with E-state index in [1.807, 2.05) is 31.2 Å². The second kappa shape index (κ2) is 7.36. The summed E-state index contributed by atoms with van der Waals surface area (Å²) in [6.45, 7) is 2.31. The Morgan fingerprint density at radius 2 is 2.04 bits per heavy atom. The largest absolute Gasteiger partial charge is 0.376 e. The van der Waals surface area contributed by atoms with Crippen molar-refractivity contribution < 1.29 is 9.32 Å². The third kappa shape index (κ3) is 3.80. The third-order valence-electron chi connectivity index (χ3n) is 3.74. The number of anilines is 1. The minimum Gasteiger partial charge on any atom is -0.376 e. The second-order valence-electron chi connectivity index (χ2n) is 5.46. The second-order valence-corrected chi connectivity index (χ2v) is 5.87. The number of hydrogen-bond donors (Lipinski definition) is 2. The molecule has 2 aromatic carbocycles. The SMILES string of the molecule is CNC(=O)c1ccc(Cl)c(NCc2noc(-c3ccccc3C)n2)c1. The quantitative estimate of drug-likeness (QED) is 0.729. The Balaban J connectivity index is 1.75. The van der Waals surface area contributed by atoms with Gasteiger partial charge in [0.2, 0.25) is 0 Å². The monoisotopic (exact) mass is 356 g/mol. The first-order valence-electron chi connectivity index (χ1n) is 7.72. The molecule has 0 aliphatic carbocycles. The minimum absolute atomic E-state index is 0.180. The van der Waals surface area contributed by atoms with Crippen molar-refractivity contribution in [2.75, 3.05) is 12.4 Å². The van der Waals surface area contributed by atoms with Gasteiger partial charge in [-0.25, -0.2) is 0 Å². The van der Waals surface area contributed by atoms with Gasteiger partial charge in [-0.15, -0.1) is 0 Å². The Kier molecular flexibility index (Phi) is 5.00. The predicted octanol–water partition coefficient (Wildman–Crippen LogP) is 3.67. The highest BCUT2D eigenvalue weighted by atomic mass is 35.5. The van der Waals surface area contributed by atoms with E-state index in [0.29, 0.717) is 34.5 Å². The van der Waals surface area contributed by atoms with Crippen molar-refractivity contribution in [1.82, 2.24) is 15.5 Å². The van der Waals surface area contributed by atoms with Crippen molar-refractivity contribution >= 4 is 23.2 Å². The fraction of sp³-hybridized carbons (Fsp3) is 0.167. The summed E-state index contributed by atoms with van der Waals surface area (Å²) in [6.07, 6.45) is 0. The molecule has 0 spiro atoms. The van der Waals surface area contributed by atoms with Gasteiger partial charge in [-0.05, 0) is 36.8 Å². The van der Waals surface area contributed by atoms with E-state index in [0.717, 1.165) is 11.1 Å². The summed E-state index contributed by atoms with van der Waals surface area (Å²) >= 11 is 6.17. The molecule has 7 heteroatoms. The molecular weight excluding hydrogens is 340 g/mol. The molecule has 128 valence electrons. The summed E-state index contributed by atoms with van der Waals surface area (Å²) in [5.74, 6) is 0.792. The van der Waals surface area contributed by atoms with Crippen LogP contribution >= 0.6 is 11.6 Å². The van der Waals surface area contributed by atoms with E-state index in [-0.39, 0.29) is 5.91 Å². The Labute approximate surface area is 150 Å². The molecule has 0 fully saturated rings. The van der Waals surface area contributed by atoms with Gasteiger partial charge in [-0.3, -0.25) is 4.79 Å². The van der Waals surface area contributed by atoms with E-state index >= 15 is 0 Å². The normalized spacial score (nSPS) is 10.5. The summed E-state index contributed by atoms with van der Waals surface area (Å²) in [6, 6.07) is 12.8. The van der Waals surface area contributed by atoms with Crippen molar-refractivity contribution in [3.05, 3.63) is 64.4 Å². The number of aromatic nitrogens is 2. The maximum absolute atomic E-state index is 11.7. The molecule has 0 aliphatic heterocycles. The van der Waals surface area contributed by atoms with Crippen LogP contribution in [0.1, 0.15) is 21.7 Å². The molecule has 0 aliphatic rings. The summed E-state index contributed by atoms with van der Waals surface area (Å²) in [4.78, 5) is 16.1. The molecule has 0 atom stereocenters. The minimum atomic E-state index is -0.180. The molecule has 1 aromatic heterocycles. The van der Waals surface area contributed by atoms with Gasteiger partial charge in [0.25, 0.3) is 11.8 Å². The molecule has 1 amide bonds. The van der Waals surface area contributed by atoms with E-state index in [1.165, 1.54) is 0 Å². The van der Waals surface area contributed by atoms with E-state index in [1.54, 1.807) is 25.2 Å². The first-order valence-corrected chi connectivity index (χ1v) is 8.10. The first kappa shape index (κ1) is 17.0. The average molecular weight is 357 g/mol. The fourth-order valence-electron chi connectivity index (χ4n) is 2.37. The number of carbonyl (C=O) groups is 1. The van der Waals surface area contributed by atoms with Crippen LogP contribution in [0.15, 0.2) is 47.0 Å².